The average Bonchev–Trinajstić information content (AvgIpc) is 2.30. The predicted octanol–water partition coefficient (Wildman–Crippen LogP) is 2.39. The Labute approximate surface area is 102 Å². The van der Waals surface area contributed by atoms with Gasteiger partial charge in [0.2, 0.25) is 0 Å². The Morgan fingerprint density at radius 3 is 2.62 bits per heavy atom. The van der Waals surface area contributed by atoms with Gasteiger partial charge in [-0.1, -0.05) is 19.0 Å². The number of nitrogens with one attached hydrogen (secondary N) is 1. The number of piperazine rings is 1. The highest BCUT2D eigenvalue weighted by Gasteiger charge is 2.14. The van der Waals surface area contributed by atoms with E-state index in [1.165, 1.54) is 0 Å². The van der Waals surface area contributed by atoms with Crippen LogP contribution in [0.1, 0.15) is 7.43 Å². The Morgan fingerprint density at radius 2 is 2.00 bits per heavy atom. The van der Waals surface area contributed by atoms with Crippen LogP contribution in [-0.4, -0.2) is 33.3 Å². The minimum atomic E-state index is 0. The second-order valence-electron chi connectivity index (χ2n) is 3.55. The Morgan fingerprint density at radius 1 is 1.31 bits per heavy atom. The van der Waals surface area contributed by atoms with E-state index in [2.05, 4.69) is 10.2 Å². The highest BCUT2D eigenvalue weighted by Crippen LogP contribution is 2.31. The molecule has 0 bridgehead atoms. The molecule has 1 aliphatic heterocycles. The van der Waals surface area contributed by atoms with Crippen molar-refractivity contribution in [2.24, 2.45) is 0 Å². The van der Waals surface area contributed by atoms with Gasteiger partial charge in [0.05, 0.1) is 12.8 Å². The first-order valence-electron chi connectivity index (χ1n) is 5.10. The molecule has 0 spiro atoms. The van der Waals surface area contributed by atoms with Gasteiger partial charge in [0.15, 0.2) is 0 Å². The molecule has 2 rings (SSSR count). The number of methoxy groups -OCH3 is 1. The molecule has 1 heterocycles. The second kappa shape index (κ2) is 5.97. The van der Waals surface area contributed by atoms with Crippen LogP contribution in [0.25, 0.3) is 0 Å². The van der Waals surface area contributed by atoms with Crippen LogP contribution in [0.4, 0.5) is 5.69 Å². The lowest BCUT2D eigenvalue weighted by molar-refractivity contribution is 0.413. The first-order chi connectivity index (χ1) is 7.31. The molecule has 0 aliphatic carbocycles. The summed E-state index contributed by atoms with van der Waals surface area (Å²) in [5, 5.41) is 4.08. The van der Waals surface area contributed by atoms with E-state index < -0.39 is 0 Å². The van der Waals surface area contributed by atoms with E-state index in [4.69, 9.17) is 16.3 Å². The Bertz CT molecular complexity index is 338. The van der Waals surface area contributed by atoms with Crippen LogP contribution in [0.15, 0.2) is 18.2 Å². The molecule has 1 aliphatic rings. The molecule has 16 heavy (non-hydrogen) atoms. The fraction of sp³-hybridized carbons (Fsp3) is 0.500. The molecule has 1 saturated heterocycles. The van der Waals surface area contributed by atoms with Crippen LogP contribution < -0.4 is 15.0 Å². The first kappa shape index (κ1) is 13.1. The minimum Gasteiger partial charge on any atom is -0.495 e. The Kier molecular flexibility index (Phi) is 4.90. The van der Waals surface area contributed by atoms with Crippen LogP contribution >= 0.6 is 11.6 Å². The van der Waals surface area contributed by atoms with Crippen molar-refractivity contribution in [2.75, 3.05) is 38.2 Å². The number of halogens is 1. The van der Waals surface area contributed by atoms with Crippen LogP contribution in [0.2, 0.25) is 5.02 Å². The third-order valence-corrected chi connectivity index (χ3v) is 2.83. The molecule has 0 saturated carbocycles. The zero-order valence-electron chi connectivity index (χ0n) is 8.79. The van der Waals surface area contributed by atoms with Crippen molar-refractivity contribution >= 4 is 17.3 Å². The van der Waals surface area contributed by atoms with Gasteiger partial charge in [-0.2, -0.15) is 0 Å². The Hall–Kier alpha value is -0.930. The summed E-state index contributed by atoms with van der Waals surface area (Å²) in [7, 11) is 1.69. The van der Waals surface area contributed by atoms with Crippen molar-refractivity contribution in [3.05, 3.63) is 23.2 Å². The molecular formula is C12H19ClN2O. The van der Waals surface area contributed by atoms with Crippen molar-refractivity contribution in [3.8, 4) is 5.75 Å². The second-order valence-corrected chi connectivity index (χ2v) is 3.99. The first-order valence-corrected chi connectivity index (χ1v) is 5.48. The summed E-state index contributed by atoms with van der Waals surface area (Å²) in [5.74, 6) is 0.890. The zero-order valence-corrected chi connectivity index (χ0v) is 9.55. The number of hydrogen-bond donors (Lipinski definition) is 1. The number of ether oxygens (including phenoxy) is 1. The van der Waals surface area contributed by atoms with E-state index in [1.54, 1.807) is 7.11 Å². The van der Waals surface area contributed by atoms with Crippen LogP contribution in [0, 0.1) is 0 Å². The fourth-order valence-electron chi connectivity index (χ4n) is 1.82. The highest BCUT2D eigenvalue weighted by atomic mass is 35.5. The van der Waals surface area contributed by atoms with E-state index in [0.717, 1.165) is 42.6 Å². The summed E-state index contributed by atoms with van der Waals surface area (Å²) >= 11 is 6.00. The quantitative estimate of drug-likeness (QED) is 0.862. The molecule has 1 N–H and O–H groups in total. The molecule has 90 valence electrons. The van der Waals surface area contributed by atoms with Crippen molar-refractivity contribution in [2.45, 2.75) is 7.43 Å². The maximum absolute atomic E-state index is 6.00. The summed E-state index contributed by atoms with van der Waals surface area (Å²) in [6.07, 6.45) is 0. The molecule has 3 nitrogen and oxygen atoms in total. The molecular weight excluding hydrogens is 224 g/mol. The molecule has 1 aromatic rings. The molecule has 1 aromatic carbocycles. The maximum Gasteiger partial charge on any atom is 0.142 e. The molecule has 0 amide bonds. The summed E-state index contributed by atoms with van der Waals surface area (Å²) in [4.78, 5) is 2.29. The smallest absolute Gasteiger partial charge is 0.142 e. The summed E-state index contributed by atoms with van der Waals surface area (Å²) in [6, 6.07) is 5.73. The van der Waals surface area contributed by atoms with Crippen LogP contribution in [-0.2, 0) is 0 Å². The van der Waals surface area contributed by atoms with E-state index >= 15 is 0 Å². The van der Waals surface area contributed by atoms with E-state index in [1.807, 2.05) is 18.2 Å². The standard InChI is InChI=1S/C11H15ClN2O.CH4/c1-15-11-3-2-9(12)8-10(11)14-6-4-13-5-7-14;/h2-3,8,13H,4-7H2,1H3;1H4. The van der Waals surface area contributed by atoms with E-state index in [0.29, 0.717) is 0 Å². The lowest BCUT2D eigenvalue weighted by Gasteiger charge is -2.30. The van der Waals surface area contributed by atoms with Gasteiger partial charge in [-0.15, -0.1) is 0 Å². The van der Waals surface area contributed by atoms with Gasteiger partial charge in [-0.3, -0.25) is 0 Å². The molecule has 0 atom stereocenters. The van der Waals surface area contributed by atoms with Crippen molar-refractivity contribution in [1.29, 1.82) is 0 Å². The third-order valence-electron chi connectivity index (χ3n) is 2.60. The van der Waals surface area contributed by atoms with Gasteiger partial charge in [-0.05, 0) is 18.2 Å². The van der Waals surface area contributed by atoms with Gasteiger partial charge in [0, 0.05) is 31.2 Å². The fourth-order valence-corrected chi connectivity index (χ4v) is 1.98. The van der Waals surface area contributed by atoms with E-state index in [-0.39, 0.29) is 7.43 Å². The maximum atomic E-state index is 6.00. The Balaban J connectivity index is 0.00000128. The van der Waals surface area contributed by atoms with Crippen LogP contribution in [0.3, 0.4) is 0 Å². The van der Waals surface area contributed by atoms with Gasteiger partial charge in [0.25, 0.3) is 0 Å². The molecule has 0 unspecified atom stereocenters. The predicted molar refractivity (Wildman–Crippen MR) is 69.8 cm³/mol. The topological polar surface area (TPSA) is 24.5 Å². The average molecular weight is 243 g/mol. The van der Waals surface area contributed by atoms with Gasteiger partial charge in [0.1, 0.15) is 5.75 Å². The summed E-state index contributed by atoms with van der Waals surface area (Å²) in [6.45, 7) is 4.01. The van der Waals surface area contributed by atoms with Crippen molar-refractivity contribution < 1.29 is 4.74 Å². The monoisotopic (exact) mass is 242 g/mol. The number of rotatable bonds is 2. The van der Waals surface area contributed by atoms with Gasteiger partial charge >= 0.3 is 0 Å². The van der Waals surface area contributed by atoms with Gasteiger partial charge < -0.3 is 15.0 Å². The van der Waals surface area contributed by atoms with Gasteiger partial charge in [-0.25, -0.2) is 0 Å². The number of nitrogens with zero attached hydrogens (tertiary/aromatic N) is 1. The zero-order chi connectivity index (χ0) is 10.7. The highest BCUT2D eigenvalue weighted by molar-refractivity contribution is 6.30. The molecule has 0 radical (unpaired) electrons. The molecule has 1 fully saturated rings. The minimum absolute atomic E-state index is 0. The lowest BCUT2D eigenvalue weighted by Crippen LogP contribution is -2.43. The summed E-state index contributed by atoms with van der Waals surface area (Å²) in [5.41, 5.74) is 1.09. The van der Waals surface area contributed by atoms with Crippen LogP contribution in [0.5, 0.6) is 5.75 Å². The number of benzene rings is 1. The van der Waals surface area contributed by atoms with Crippen molar-refractivity contribution in [3.63, 3.8) is 0 Å². The summed E-state index contributed by atoms with van der Waals surface area (Å²) < 4.78 is 5.33. The molecule has 4 heteroatoms. The SMILES string of the molecule is C.COc1ccc(Cl)cc1N1CCNCC1. The normalized spacial score (nSPS) is 15.5. The molecule has 0 aromatic heterocycles. The third kappa shape index (κ3) is 2.80. The van der Waals surface area contributed by atoms with Crippen molar-refractivity contribution in [1.82, 2.24) is 5.32 Å². The van der Waals surface area contributed by atoms with E-state index in [9.17, 15) is 0 Å². The number of anilines is 1. The lowest BCUT2D eigenvalue weighted by atomic mass is 10.2. The number of hydrogen-bond acceptors (Lipinski definition) is 3. The largest absolute Gasteiger partial charge is 0.495 e.